The summed E-state index contributed by atoms with van der Waals surface area (Å²) < 4.78 is 10.5. The Morgan fingerprint density at radius 3 is 2.52 bits per heavy atom. The fraction of sp³-hybridized carbons (Fsp3) is 0.391. The molecule has 29 heavy (non-hydrogen) atoms. The van der Waals surface area contributed by atoms with Gasteiger partial charge in [-0.2, -0.15) is 0 Å². The van der Waals surface area contributed by atoms with Gasteiger partial charge in [-0.3, -0.25) is 4.79 Å². The van der Waals surface area contributed by atoms with Crippen molar-refractivity contribution in [3.63, 3.8) is 0 Å². The number of carbonyl (C=O) groups is 2. The Hall–Kier alpha value is -2.60. The van der Waals surface area contributed by atoms with Crippen molar-refractivity contribution in [2.24, 2.45) is 0 Å². The van der Waals surface area contributed by atoms with Crippen LogP contribution in [0.2, 0.25) is 0 Å². The Kier molecular flexibility index (Phi) is 6.75. The van der Waals surface area contributed by atoms with E-state index in [4.69, 9.17) is 9.47 Å². The molecule has 1 heterocycles. The number of thiophene rings is 1. The zero-order valence-electron chi connectivity index (χ0n) is 17.4. The number of nitrogens with one attached hydrogen (secondary N) is 1. The lowest BCUT2D eigenvalue weighted by Crippen LogP contribution is -2.14. The molecule has 0 radical (unpaired) electrons. The van der Waals surface area contributed by atoms with E-state index < -0.39 is 0 Å². The number of methoxy groups -OCH3 is 1. The lowest BCUT2D eigenvalue weighted by Gasteiger charge is -2.12. The predicted octanol–water partition coefficient (Wildman–Crippen LogP) is 5.08. The van der Waals surface area contributed by atoms with E-state index in [2.05, 4.69) is 5.32 Å². The molecule has 0 fully saturated rings. The highest BCUT2D eigenvalue weighted by Crippen LogP contribution is 2.38. The molecule has 1 amide bonds. The maximum atomic E-state index is 12.6. The lowest BCUT2D eigenvalue weighted by molar-refractivity contribution is -0.111. The lowest BCUT2D eigenvalue weighted by atomic mass is 9.95. The summed E-state index contributed by atoms with van der Waals surface area (Å²) in [6.45, 7) is 6.07. The fourth-order valence-corrected chi connectivity index (χ4v) is 4.98. The molecule has 0 spiro atoms. The minimum absolute atomic E-state index is 0.260. The number of hydrogen-bond donors (Lipinski definition) is 1. The van der Waals surface area contributed by atoms with Gasteiger partial charge in [0.15, 0.2) is 0 Å². The van der Waals surface area contributed by atoms with Crippen molar-refractivity contribution < 1.29 is 19.1 Å². The molecule has 3 rings (SSSR count). The molecule has 0 atom stereocenters. The normalized spacial score (nSPS) is 13.2. The molecule has 0 unspecified atom stereocenters. The monoisotopic (exact) mass is 413 g/mol. The maximum Gasteiger partial charge on any atom is 0.341 e. The van der Waals surface area contributed by atoms with Crippen LogP contribution in [0, 0.1) is 13.8 Å². The van der Waals surface area contributed by atoms with Crippen LogP contribution in [-0.2, 0) is 22.4 Å². The molecule has 5 nitrogen and oxygen atoms in total. The van der Waals surface area contributed by atoms with Gasteiger partial charge >= 0.3 is 5.97 Å². The van der Waals surface area contributed by atoms with Crippen LogP contribution in [0.1, 0.15) is 57.3 Å². The number of benzene rings is 1. The molecule has 1 aromatic carbocycles. The van der Waals surface area contributed by atoms with Crippen LogP contribution in [0.25, 0.3) is 6.08 Å². The smallest absolute Gasteiger partial charge is 0.341 e. The first kappa shape index (κ1) is 21.1. The number of rotatable bonds is 6. The largest absolute Gasteiger partial charge is 0.497 e. The molecule has 154 valence electrons. The van der Waals surface area contributed by atoms with Crippen molar-refractivity contribution in [3.05, 3.63) is 50.9 Å². The number of anilines is 1. The third kappa shape index (κ3) is 4.70. The van der Waals surface area contributed by atoms with Gasteiger partial charge in [-0.1, -0.05) is 0 Å². The molecular weight excluding hydrogens is 386 g/mol. The van der Waals surface area contributed by atoms with Crippen LogP contribution in [0.3, 0.4) is 0 Å². The Morgan fingerprint density at radius 2 is 1.86 bits per heavy atom. The molecule has 1 N–H and O–H groups in total. The number of esters is 1. The van der Waals surface area contributed by atoms with Crippen LogP contribution in [-0.4, -0.2) is 25.6 Å². The van der Waals surface area contributed by atoms with E-state index in [1.807, 2.05) is 26.0 Å². The highest BCUT2D eigenvalue weighted by molar-refractivity contribution is 7.17. The number of fused-ring (bicyclic) bond motifs is 1. The predicted molar refractivity (Wildman–Crippen MR) is 117 cm³/mol. The van der Waals surface area contributed by atoms with Crippen molar-refractivity contribution in [2.45, 2.75) is 46.5 Å². The van der Waals surface area contributed by atoms with Gasteiger partial charge in [-0.25, -0.2) is 4.79 Å². The first-order chi connectivity index (χ1) is 13.9. The summed E-state index contributed by atoms with van der Waals surface area (Å²) in [6.07, 6.45) is 7.28. The quantitative estimate of drug-likeness (QED) is 0.530. The molecule has 6 heteroatoms. The van der Waals surface area contributed by atoms with Crippen LogP contribution < -0.4 is 10.1 Å². The molecule has 0 aliphatic heterocycles. The van der Waals surface area contributed by atoms with Crippen molar-refractivity contribution in [1.82, 2.24) is 0 Å². The van der Waals surface area contributed by atoms with E-state index in [1.165, 1.54) is 22.3 Å². The fourth-order valence-electron chi connectivity index (χ4n) is 3.70. The molecule has 0 saturated heterocycles. The summed E-state index contributed by atoms with van der Waals surface area (Å²) in [6, 6.07) is 3.88. The van der Waals surface area contributed by atoms with Gasteiger partial charge in [0, 0.05) is 11.0 Å². The summed E-state index contributed by atoms with van der Waals surface area (Å²) >= 11 is 1.49. The summed E-state index contributed by atoms with van der Waals surface area (Å²) in [5, 5.41) is 3.50. The minimum Gasteiger partial charge on any atom is -0.497 e. The first-order valence-electron chi connectivity index (χ1n) is 9.90. The third-order valence-electron chi connectivity index (χ3n) is 5.09. The maximum absolute atomic E-state index is 12.6. The number of ether oxygens (including phenoxy) is 2. The minimum atomic E-state index is -0.354. The topological polar surface area (TPSA) is 64.6 Å². The van der Waals surface area contributed by atoms with Crippen LogP contribution in [0.15, 0.2) is 18.2 Å². The van der Waals surface area contributed by atoms with Gasteiger partial charge in [0.05, 0.1) is 19.3 Å². The van der Waals surface area contributed by atoms with Gasteiger partial charge < -0.3 is 14.8 Å². The first-order valence-corrected chi connectivity index (χ1v) is 10.7. The Balaban J connectivity index is 1.83. The standard InChI is InChI=1S/C23H27NO4S/c1-5-28-23(26)21-18-8-6-7-9-19(18)29-22(21)24-20(25)11-10-17-14(2)12-16(27-4)13-15(17)3/h10-13H,5-9H2,1-4H3,(H,24,25)/b11-10+. The van der Waals surface area contributed by atoms with Gasteiger partial charge in [0.1, 0.15) is 10.8 Å². The highest BCUT2D eigenvalue weighted by Gasteiger charge is 2.26. The van der Waals surface area contributed by atoms with E-state index in [0.29, 0.717) is 17.2 Å². The van der Waals surface area contributed by atoms with E-state index >= 15 is 0 Å². The molecule has 1 aromatic heterocycles. The number of amides is 1. The molecule has 1 aliphatic rings. The van der Waals surface area contributed by atoms with E-state index in [0.717, 1.165) is 53.7 Å². The van der Waals surface area contributed by atoms with E-state index in [-0.39, 0.29) is 11.9 Å². The number of carbonyl (C=O) groups excluding carboxylic acids is 2. The Morgan fingerprint density at radius 1 is 1.17 bits per heavy atom. The Labute approximate surface area is 175 Å². The molecule has 0 bridgehead atoms. The summed E-state index contributed by atoms with van der Waals surface area (Å²) in [5.74, 6) is 0.182. The summed E-state index contributed by atoms with van der Waals surface area (Å²) in [5.41, 5.74) is 4.62. The van der Waals surface area contributed by atoms with E-state index in [9.17, 15) is 9.59 Å². The van der Waals surface area contributed by atoms with E-state index in [1.54, 1.807) is 20.1 Å². The van der Waals surface area contributed by atoms with Crippen molar-refractivity contribution >= 4 is 34.3 Å². The van der Waals surface area contributed by atoms with Gasteiger partial charge in [0.25, 0.3) is 0 Å². The zero-order valence-corrected chi connectivity index (χ0v) is 18.2. The number of aryl methyl sites for hydroxylation is 3. The molecular formula is C23H27NO4S. The van der Waals surface area contributed by atoms with Gasteiger partial charge in [-0.05, 0) is 86.9 Å². The number of hydrogen-bond acceptors (Lipinski definition) is 5. The second-order valence-corrected chi connectivity index (χ2v) is 8.24. The van der Waals surface area contributed by atoms with Crippen molar-refractivity contribution in [1.29, 1.82) is 0 Å². The summed E-state index contributed by atoms with van der Waals surface area (Å²) in [7, 11) is 1.64. The van der Waals surface area contributed by atoms with Crippen LogP contribution in [0.4, 0.5) is 5.00 Å². The average Bonchev–Trinajstić information content (AvgIpc) is 3.05. The third-order valence-corrected chi connectivity index (χ3v) is 6.30. The van der Waals surface area contributed by atoms with Crippen LogP contribution in [0.5, 0.6) is 5.75 Å². The van der Waals surface area contributed by atoms with Gasteiger partial charge in [-0.15, -0.1) is 11.3 Å². The second kappa shape index (κ2) is 9.27. The average molecular weight is 414 g/mol. The second-order valence-electron chi connectivity index (χ2n) is 7.13. The van der Waals surface area contributed by atoms with Crippen LogP contribution >= 0.6 is 11.3 Å². The highest BCUT2D eigenvalue weighted by atomic mass is 32.1. The Bertz CT molecular complexity index is 935. The molecule has 2 aromatic rings. The SMILES string of the molecule is CCOC(=O)c1c(NC(=O)/C=C/c2c(C)cc(OC)cc2C)sc2c1CCCC2. The molecule has 1 aliphatic carbocycles. The summed E-state index contributed by atoms with van der Waals surface area (Å²) in [4.78, 5) is 26.3. The van der Waals surface area contributed by atoms with Crippen molar-refractivity contribution in [2.75, 3.05) is 19.0 Å². The molecule has 0 saturated carbocycles. The van der Waals surface area contributed by atoms with Crippen molar-refractivity contribution in [3.8, 4) is 5.75 Å². The zero-order chi connectivity index (χ0) is 21.0. The van der Waals surface area contributed by atoms with Gasteiger partial charge in [0.2, 0.25) is 5.91 Å².